The number of carboxylic acids is 1. The van der Waals surface area contributed by atoms with E-state index in [0.29, 0.717) is 22.5 Å². The Hall–Kier alpha value is -9.23. The number of methoxy groups -OCH3 is 2. The number of aromatic hydroxyl groups is 2. The second-order valence-electron chi connectivity index (χ2n) is 13.0. The normalized spacial score (nSPS) is 10.5. The first-order valence-corrected chi connectivity index (χ1v) is 18.5. The van der Waals surface area contributed by atoms with Crippen LogP contribution in [-0.4, -0.2) is 71.6 Å². The average molecular weight is 872 g/mol. The van der Waals surface area contributed by atoms with E-state index in [1.165, 1.54) is 105 Å². The van der Waals surface area contributed by atoms with Crippen LogP contribution in [0.15, 0.2) is 103 Å². The van der Waals surface area contributed by atoms with Gasteiger partial charge in [-0.15, -0.1) is 0 Å². The Morgan fingerprint density at radius 3 is 1.58 bits per heavy atom. The number of anilines is 4. The van der Waals surface area contributed by atoms with Crippen molar-refractivity contribution < 1.29 is 58.0 Å². The van der Waals surface area contributed by atoms with Crippen molar-refractivity contribution >= 4 is 63.8 Å². The van der Waals surface area contributed by atoms with E-state index in [2.05, 4.69) is 26.6 Å². The van der Waals surface area contributed by atoms with Crippen LogP contribution in [0.4, 0.5) is 27.1 Å². The average Bonchev–Trinajstić information content (AvgIpc) is 3.27. The maximum absolute atomic E-state index is 13.3. The largest absolute Gasteiger partial charge is 0.504 e. The van der Waals surface area contributed by atoms with Crippen molar-refractivity contribution in [2.24, 2.45) is 0 Å². The second kappa shape index (κ2) is 21.9. The quantitative estimate of drug-likeness (QED) is 0.0450. The van der Waals surface area contributed by atoms with Crippen molar-refractivity contribution in [1.29, 1.82) is 10.5 Å². The number of phenolic OH excluding ortho intramolecular Hbond substituents is 1. The highest BCUT2D eigenvalue weighted by atomic mass is 19.1. The molecule has 0 unspecified atom stereocenters. The van der Waals surface area contributed by atoms with Crippen LogP contribution in [0, 0.1) is 28.5 Å². The minimum Gasteiger partial charge on any atom is -0.504 e. The van der Waals surface area contributed by atoms with Crippen molar-refractivity contribution in [2.45, 2.75) is 13.8 Å². The molecule has 0 saturated carbocycles. The molecule has 0 heterocycles. The molecular formula is C45H38FN7O11. The van der Waals surface area contributed by atoms with Gasteiger partial charge in [-0.2, -0.15) is 10.5 Å². The van der Waals surface area contributed by atoms with Crippen LogP contribution in [0.2, 0.25) is 0 Å². The number of phenols is 2. The molecule has 0 spiro atoms. The molecule has 0 aliphatic rings. The number of hydrogen-bond donors (Lipinski definition) is 8. The number of carbonyl (C=O) groups excluding carboxylic acids is 5. The number of ether oxygens (including phenoxy) is 2. The zero-order valence-electron chi connectivity index (χ0n) is 34.3. The minimum atomic E-state index is -1.42. The maximum Gasteiger partial charge on any atom is 0.339 e. The van der Waals surface area contributed by atoms with Gasteiger partial charge in [0, 0.05) is 29.4 Å². The minimum absolute atomic E-state index is 0.00557. The van der Waals surface area contributed by atoms with E-state index >= 15 is 0 Å². The highest BCUT2D eigenvalue weighted by Crippen LogP contribution is 2.40. The first-order chi connectivity index (χ1) is 30.6. The number of nitrogens with zero attached hydrogens (tertiary/aromatic N) is 2. The molecule has 5 rings (SSSR count). The number of carbonyl (C=O) groups is 6. The van der Waals surface area contributed by atoms with E-state index in [1.54, 1.807) is 13.0 Å². The lowest BCUT2D eigenvalue weighted by Gasteiger charge is -2.16. The molecule has 5 aromatic carbocycles. The van der Waals surface area contributed by atoms with Gasteiger partial charge in [0.05, 0.1) is 43.8 Å². The van der Waals surface area contributed by atoms with Crippen LogP contribution in [0.1, 0.15) is 60.8 Å². The molecule has 326 valence electrons. The SMILES string of the molecule is CC#N.COc1c(NC(=O)c2ccc(NC(=O)c3ccc(NC(=O)CNC(=O)c4ccc(NC(=O)/C(C#N)=C(\C)c5ccc(F)cc5)cc4)cc3)c(OC)c2O)ccc(C(=O)O)c1O. The fraction of sp³-hybridized carbons (Fsp3) is 0.111. The lowest BCUT2D eigenvalue weighted by atomic mass is 10.0. The Morgan fingerprint density at radius 2 is 1.08 bits per heavy atom. The number of nitrogens with one attached hydrogen (secondary N) is 5. The summed E-state index contributed by atoms with van der Waals surface area (Å²) in [5, 5.41) is 59.9. The molecule has 0 saturated heterocycles. The van der Waals surface area contributed by atoms with E-state index in [1.807, 2.05) is 6.07 Å². The number of benzene rings is 5. The van der Waals surface area contributed by atoms with Crippen LogP contribution < -0.4 is 36.1 Å². The van der Waals surface area contributed by atoms with Gasteiger partial charge in [-0.25, -0.2) is 9.18 Å². The van der Waals surface area contributed by atoms with Crippen molar-refractivity contribution in [3.63, 3.8) is 0 Å². The number of allylic oxidation sites excluding steroid dienone is 1. The Kier molecular flexibility index (Phi) is 16.2. The third kappa shape index (κ3) is 11.7. The van der Waals surface area contributed by atoms with Gasteiger partial charge in [-0.3, -0.25) is 24.0 Å². The molecule has 0 aliphatic heterocycles. The van der Waals surface area contributed by atoms with E-state index in [0.717, 1.165) is 13.2 Å². The third-order valence-corrected chi connectivity index (χ3v) is 8.88. The summed E-state index contributed by atoms with van der Waals surface area (Å²) in [7, 11) is 2.36. The summed E-state index contributed by atoms with van der Waals surface area (Å²) in [5.74, 6) is -7.24. The first-order valence-electron chi connectivity index (χ1n) is 18.5. The molecule has 64 heavy (non-hydrogen) atoms. The molecule has 0 atom stereocenters. The Balaban J connectivity index is 0.00000291. The number of halogens is 1. The van der Waals surface area contributed by atoms with E-state index in [-0.39, 0.29) is 45.1 Å². The molecule has 5 amide bonds. The molecule has 8 N–H and O–H groups in total. The first kappa shape index (κ1) is 47.4. The van der Waals surface area contributed by atoms with Gasteiger partial charge in [-0.05, 0) is 103 Å². The zero-order valence-corrected chi connectivity index (χ0v) is 34.3. The highest BCUT2D eigenvalue weighted by molar-refractivity contribution is 6.12. The number of nitriles is 2. The summed E-state index contributed by atoms with van der Waals surface area (Å²) in [6.45, 7) is 2.58. The van der Waals surface area contributed by atoms with E-state index < -0.39 is 64.9 Å². The Morgan fingerprint density at radius 1 is 0.625 bits per heavy atom. The molecule has 0 bridgehead atoms. The van der Waals surface area contributed by atoms with Crippen molar-refractivity contribution in [3.8, 4) is 35.1 Å². The summed E-state index contributed by atoms with van der Waals surface area (Å²) in [6.07, 6.45) is 0. The molecule has 18 nitrogen and oxygen atoms in total. The second-order valence-corrected chi connectivity index (χ2v) is 13.0. The predicted octanol–water partition coefficient (Wildman–Crippen LogP) is 6.29. The van der Waals surface area contributed by atoms with Gasteiger partial charge in [0.2, 0.25) is 5.91 Å². The summed E-state index contributed by atoms with van der Waals surface area (Å²) in [4.78, 5) is 75.6. The topological polar surface area (TPSA) is 289 Å². The maximum atomic E-state index is 13.3. The lowest BCUT2D eigenvalue weighted by molar-refractivity contribution is -0.115. The van der Waals surface area contributed by atoms with Gasteiger partial charge in [0.1, 0.15) is 23.0 Å². The summed E-state index contributed by atoms with van der Waals surface area (Å²) < 4.78 is 23.6. The fourth-order valence-corrected chi connectivity index (χ4v) is 5.71. The van der Waals surface area contributed by atoms with Gasteiger partial charge < -0.3 is 51.4 Å². The molecule has 0 fully saturated rings. The molecular weight excluding hydrogens is 834 g/mol. The van der Waals surface area contributed by atoms with Crippen LogP contribution in [0.25, 0.3) is 5.57 Å². The van der Waals surface area contributed by atoms with Gasteiger partial charge >= 0.3 is 5.97 Å². The zero-order chi connectivity index (χ0) is 47.1. The monoisotopic (exact) mass is 871 g/mol. The van der Waals surface area contributed by atoms with Crippen molar-refractivity contribution in [1.82, 2.24) is 5.32 Å². The fourth-order valence-electron chi connectivity index (χ4n) is 5.71. The molecule has 0 aromatic heterocycles. The Labute approximate surface area is 364 Å². The predicted molar refractivity (Wildman–Crippen MR) is 231 cm³/mol. The Bertz CT molecular complexity index is 2720. The molecule has 19 heteroatoms. The van der Waals surface area contributed by atoms with E-state index in [9.17, 15) is 53.7 Å². The van der Waals surface area contributed by atoms with Crippen LogP contribution in [-0.2, 0) is 9.59 Å². The molecule has 0 aliphatic carbocycles. The van der Waals surface area contributed by atoms with Crippen LogP contribution >= 0.6 is 0 Å². The third-order valence-electron chi connectivity index (χ3n) is 8.88. The van der Waals surface area contributed by atoms with Crippen LogP contribution in [0.5, 0.6) is 23.0 Å². The summed E-state index contributed by atoms with van der Waals surface area (Å²) in [6, 6.07) is 25.1. The number of rotatable bonds is 14. The highest BCUT2D eigenvalue weighted by Gasteiger charge is 2.24. The molecule has 5 aromatic rings. The van der Waals surface area contributed by atoms with Crippen LogP contribution in [0.3, 0.4) is 0 Å². The molecule has 0 radical (unpaired) electrons. The number of carboxylic acid groups (broad SMARTS) is 1. The summed E-state index contributed by atoms with van der Waals surface area (Å²) in [5.41, 5.74) is 0.709. The number of aromatic carboxylic acids is 1. The smallest absolute Gasteiger partial charge is 0.339 e. The standard InChI is InChI=1S/C43H35FN6O11.C2H3N/c1-22(23-4-10-26(44)11-5-23)31(20-45)42(57)48-28-14-6-24(7-15-28)39(54)46-21-34(51)47-27-12-8-25(9-13-27)40(55)49-32-18-16-29(35(52)37(32)60-2)41(56)50-33-19-17-30(43(58)59)36(53)38(33)61-3;1-2-3/h4-19,52-53H,21H2,1-3H3,(H,46,54)(H,47,51)(H,48,57)(H,49,55)(H,50,56)(H,58,59);1H3/b31-22+;. The van der Waals surface area contributed by atoms with Gasteiger partial charge in [0.25, 0.3) is 23.6 Å². The number of hydrogen-bond acceptors (Lipinski definition) is 12. The van der Waals surface area contributed by atoms with Crippen molar-refractivity contribution in [2.75, 3.05) is 42.0 Å². The van der Waals surface area contributed by atoms with Crippen molar-refractivity contribution in [3.05, 3.63) is 136 Å². The van der Waals surface area contributed by atoms with E-state index in [4.69, 9.17) is 14.7 Å². The van der Waals surface area contributed by atoms with Gasteiger partial charge in [0.15, 0.2) is 23.0 Å². The summed E-state index contributed by atoms with van der Waals surface area (Å²) >= 11 is 0. The number of amides is 5. The van der Waals surface area contributed by atoms with Gasteiger partial charge in [-0.1, -0.05) is 12.1 Å². The lowest BCUT2D eigenvalue weighted by Crippen LogP contribution is -2.32.